The molecule has 0 saturated carbocycles. The number of benzene rings is 2. The van der Waals surface area contributed by atoms with Gasteiger partial charge in [0.15, 0.2) is 17.2 Å². The normalized spacial score (nSPS) is 12.7. The van der Waals surface area contributed by atoms with Gasteiger partial charge in [0.2, 0.25) is 12.7 Å². The summed E-state index contributed by atoms with van der Waals surface area (Å²) in [6.07, 6.45) is 1.43. The molecule has 0 bridgehead atoms. The summed E-state index contributed by atoms with van der Waals surface area (Å²) in [4.78, 5) is 19.0. The molecule has 0 fully saturated rings. The molecule has 2 heterocycles. The van der Waals surface area contributed by atoms with E-state index in [0.29, 0.717) is 49.6 Å². The lowest BCUT2D eigenvalue weighted by atomic mass is 10.0. The molecule has 1 N–H and O–H groups in total. The van der Waals surface area contributed by atoms with Crippen LogP contribution < -0.4 is 14.8 Å². The molecule has 7 nitrogen and oxygen atoms in total. The Hall–Kier alpha value is -3.32. The van der Waals surface area contributed by atoms with Gasteiger partial charge in [-0.15, -0.1) is 0 Å². The van der Waals surface area contributed by atoms with Crippen LogP contribution in [0.25, 0.3) is 0 Å². The highest BCUT2D eigenvalue weighted by atomic mass is 16.7. The Labute approximate surface area is 201 Å². The largest absolute Gasteiger partial charge is 0.454 e. The summed E-state index contributed by atoms with van der Waals surface area (Å²) in [5.41, 5.74) is 3.92. The number of nitrogens with zero attached hydrogens (tertiary/aromatic N) is 2. The number of carbonyl (C=O) groups is 1. The Morgan fingerprint density at radius 3 is 2.41 bits per heavy atom. The second-order valence-electron chi connectivity index (χ2n) is 9.46. The number of carbonyl (C=O) groups excluding carboxylic acids is 1. The van der Waals surface area contributed by atoms with E-state index in [2.05, 4.69) is 67.2 Å². The van der Waals surface area contributed by atoms with E-state index in [4.69, 9.17) is 13.9 Å². The molecule has 0 unspecified atom stereocenters. The maximum atomic E-state index is 12.4. The smallest absolute Gasteiger partial charge is 0.273 e. The van der Waals surface area contributed by atoms with Crippen LogP contribution in [-0.2, 0) is 19.6 Å². The third-order valence-electron chi connectivity index (χ3n) is 5.71. The van der Waals surface area contributed by atoms with Gasteiger partial charge in [-0.1, -0.05) is 58.0 Å². The van der Waals surface area contributed by atoms with Crippen LogP contribution in [0.15, 0.2) is 53.1 Å². The second-order valence-corrected chi connectivity index (χ2v) is 9.46. The zero-order valence-corrected chi connectivity index (χ0v) is 20.3. The van der Waals surface area contributed by atoms with Gasteiger partial charge < -0.3 is 19.2 Å². The molecule has 2 aromatic carbocycles. The molecule has 7 heteroatoms. The molecule has 34 heavy (non-hydrogen) atoms. The Bertz CT molecular complexity index is 1110. The fraction of sp³-hybridized carbons (Fsp3) is 0.407. The van der Waals surface area contributed by atoms with Crippen molar-refractivity contribution in [2.75, 3.05) is 13.3 Å². The van der Waals surface area contributed by atoms with Crippen LogP contribution in [-0.4, -0.2) is 29.1 Å². The van der Waals surface area contributed by atoms with Crippen molar-refractivity contribution in [3.63, 3.8) is 0 Å². The van der Waals surface area contributed by atoms with Crippen LogP contribution >= 0.6 is 0 Å². The molecule has 1 amide bonds. The number of rotatable bonds is 10. The molecule has 0 saturated heterocycles. The highest BCUT2D eigenvalue weighted by Crippen LogP contribution is 2.33. The van der Waals surface area contributed by atoms with Crippen molar-refractivity contribution in [2.45, 2.75) is 53.2 Å². The van der Waals surface area contributed by atoms with Crippen molar-refractivity contribution < 1.29 is 18.7 Å². The maximum absolute atomic E-state index is 12.4. The quantitative estimate of drug-likeness (QED) is 0.450. The van der Waals surface area contributed by atoms with Crippen molar-refractivity contribution >= 4 is 5.91 Å². The van der Waals surface area contributed by atoms with E-state index in [1.165, 1.54) is 17.4 Å². The number of aromatic nitrogens is 1. The van der Waals surface area contributed by atoms with Gasteiger partial charge >= 0.3 is 0 Å². The first-order chi connectivity index (χ1) is 16.4. The van der Waals surface area contributed by atoms with E-state index < -0.39 is 0 Å². The van der Waals surface area contributed by atoms with Gasteiger partial charge in [0.05, 0.1) is 6.54 Å². The van der Waals surface area contributed by atoms with E-state index in [0.717, 1.165) is 17.1 Å². The van der Waals surface area contributed by atoms with E-state index in [-0.39, 0.29) is 12.7 Å². The Kier molecular flexibility index (Phi) is 7.53. The average Bonchev–Trinajstić information content (AvgIpc) is 3.47. The highest BCUT2D eigenvalue weighted by Gasteiger charge is 2.18. The molecule has 3 aromatic rings. The summed E-state index contributed by atoms with van der Waals surface area (Å²) in [6.45, 7) is 11.2. The number of nitrogens with one attached hydrogen (secondary N) is 1. The SMILES string of the molecule is CC(C)CNC(=O)c1coc(CN(Cc2ccc(C(C)C)cc2)Cc2ccc3c(c2)OCO3)n1. The number of oxazole rings is 1. The minimum atomic E-state index is -0.213. The Balaban J connectivity index is 1.49. The topological polar surface area (TPSA) is 76.8 Å². The third kappa shape index (κ3) is 6.17. The predicted molar refractivity (Wildman–Crippen MR) is 130 cm³/mol. The van der Waals surface area contributed by atoms with E-state index in [1.807, 2.05) is 18.2 Å². The Morgan fingerprint density at radius 2 is 1.68 bits per heavy atom. The molecule has 0 atom stereocenters. The number of ether oxygens (including phenoxy) is 2. The van der Waals surface area contributed by atoms with Crippen LogP contribution in [0.2, 0.25) is 0 Å². The van der Waals surface area contributed by atoms with Gasteiger partial charge in [-0.3, -0.25) is 9.69 Å². The van der Waals surface area contributed by atoms with Gasteiger partial charge in [-0.2, -0.15) is 0 Å². The molecule has 4 rings (SSSR count). The summed E-state index contributed by atoms with van der Waals surface area (Å²) >= 11 is 0. The minimum Gasteiger partial charge on any atom is -0.454 e. The van der Waals surface area contributed by atoms with Crippen LogP contribution in [0.5, 0.6) is 11.5 Å². The first kappa shape index (κ1) is 23.8. The lowest BCUT2D eigenvalue weighted by Crippen LogP contribution is -2.27. The molecule has 180 valence electrons. The lowest BCUT2D eigenvalue weighted by Gasteiger charge is -2.21. The van der Waals surface area contributed by atoms with Gasteiger partial charge in [-0.05, 0) is 40.7 Å². The second kappa shape index (κ2) is 10.7. The maximum Gasteiger partial charge on any atom is 0.273 e. The molecule has 0 radical (unpaired) electrons. The molecule has 0 spiro atoms. The first-order valence-electron chi connectivity index (χ1n) is 11.8. The number of hydrogen-bond donors (Lipinski definition) is 1. The molecule has 1 aromatic heterocycles. The molecular formula is C27H33N3O4. The molecular weight excluding hydrogens is 430 g/mol. The molecule has 0 aliphatic carbocycles. The first-order valence-corrected chi connectivity index (χ1v) is 11.8. The predicted octanol–water partition coefficient (Wildman–Crippen LogP) is 5.11. The number of hydrogen-bond acceptors (Lipinski definition) is 6. The standard InChI is InChI=1S/C27H33N3O4/c1-18(2)12-28-27(31)23-16-32-26(29-23)15-30(13-20-5-8-22(9-6-20)19(3)4)14-21-7-10-24-25(11-21)34-17-33-24/h5-11,16,18-19H,12-15,17H2,1-4H3,(H,28,31). The summed E-state index contributed by atoms with van der Waals surface area (Å²) in [7, 11) is 0. The van der Waals surface area contributed by atoms with E-state index in [1.54, 1.807) is 0 Å². The van der Waals surface area contributed by atoms with Gasteiger partial charge in [0, 0.05) is 19.6 Å². The fourth-order valence-electron chi connectivity index (χ4n) is 3.80. The van der Waals surface area contributed by atoms with Crippen molar-refractivity contribution in [2.24, 2.45) is 5.92 Å². The number of fused-ring (bicyclic) bond motifs is 1. The van der Waals surface area contributed by atoms with Crippen molar-refractivity contribution in [3.05, 3.63) is 77.0 Å². The number of amides is 1. The lowest BCUT2D eigenvalue weighted by molar-refractivity contribution is 0.0944. The van der Waals surface area contributed by atoms with Crippen LogP contribution in [0.3, 0.4) is 0 Å². The fourth-order valence-corrected chi connectivity index (χ4v) is 3.80. The van der Waals surface area contributed by atoms with Crippen LogP contribution in [0, 0.1) is 5.92 Å². The minimum absolute atomic E-state index is 0.213. The third-order valence-corrected chi connectivity index (χ3v) is 5.71. The monoisotopic (exact) mass is 463 g/mol. The van der Waals surface area contributed by atoms with Crippen molar-refractivity contribution in [1.82, 2.24) is 15.2 Å². The Morgan fingerprint density at radius 1 is 0.971 bits per heavy atom. The highest BCUT2D eigenvalue weighted by molar-refractivity contribution is 5.91. The summed E-state index contributed by atoms with van der Waals surface area (Å²) in [5.74, 6) is 2.69. The van der Waals surface area contributed by atoms with Gasteiger partial charge in [0.1, 0.15) is 6.26 Å². The summed E-state index contributed by atoms with van der Waals surface area (Å²) in [6, 6.07) is 14.7. The summed E-state index contributed by atoms with van der Waals surface area (Å²) < 4.78 is 16.7. The summed E-state index contributed by atoms with van der Waals surface area (Å²) in [5, 5.41) is 2.88. The van der Waals surface area contributed by atoms with E-state index in [9.17, 15) is 4.79 Å². The van der Waals surface area contributed by atoms with Crippen LogP contribution in [0.1, 0.15) is 66.7 Å². The van der Waals surface area contributed by atoms with E-state index >= 15 is 0 Å². The molecule has 1 aliphatic heterocycles. The average molecular weight is 464 g/mol. The van der Waals surface area contributed by atoms with Gasteiger partial charge in [-0.25, -0.2) is 4.98 Å². The van der Waals surface area contributed by atoms with Crippen LogP contribution in [0.4, 0.5) is 0 Å². The zero-order valence-electron chi connectivity index (χ0n) is 20.3. The zero-order chi connectivity index (χ0) is 24.1. The van der Waals surface area contributed by atoms with Crippen molar-refractivity contribution in [3.8, 4) is 11.5 Å². The molecule has 1 aliphatic rings. The van der Waals surface area contributed by atoms with Crippen molar-refractivity contribution in [1.29, 1.82) is 0 Å². The van der Waals surface area contributed by atoms with Gasteiger partial charge in [0.25, 0.3) is 5.91 Å².